The summed E-state index contributed by atoms with van der Waals surface area (Å²) in [6, 6.07) is -9.77. The smallest absolute Gasteiger partial charge is 0.329 e. The number of fused-ring (bicyclic) bond motifs is 5. The summed E-state index contributed by atoms with van der Waals surface area (Å²) in [5.41, 5.74) is 12.0. The highest BCUT2D eigenvalue weighted by Crippen LogP contribution is 2.28. The third kappa shape index (κ3) is 11.0. The highest BCUT2D eigenvalue weighted by Gasteiger charge is 2.41. The lowest BCUT2D eigenvalue weighted by Crippen LogP contribution is -2.60. The molecule has 18 nitrogen and oxygen atoms in total. The lowest BCUT2D eigenvalue weighted by Gasteiger charge is -2.37. The first-order chi connectivity index (χ1) is 24.1. The summed E-state index contributed by atoms with van der Waals surface area (Å²) >= 11 is 0. The van der Waals surface area contributed by atoms with Gasteiger partial charge in [0.25, 0.3) is 0 Å². The van der Waals surface area contributed by atoms with Gasteiger partial charge in [0.15, 0.2) is 0 Å². The molecule has 0 aromatic carbocycles. The Labute approximate surface area is 312 Å². The Hall–Kier alpha value is -3.62. The summed E-state index contributed by atoms with van der Waals surface area (Å²) < 4.78 is 10.8. The van der Waals surface area contributed by atoms with Crippen molar-refractivity contribution in [3.63, 3.8) is 0 Å². The van der Waals surface area contributed by atoms with Gasteiger partial charge in [0.2, 0.25) is 35.4 Å². The number of nitrogens with one attached hydrogen (secondary N) is 2. The molecule has 2 rings (SSSR count). The van der Waals surface area contributed by atoms with E-state index in [1.54, 1.807) is 27.7 Å². The van der Waals surface area contributed by atoms with E-state index in [1.165, 1.54) is 51.8 Å². The van der Waals surface area contributed by atoms with E-state index >= 15 is 0 Å². The van der Waals surface area contributed by atoms with Gasteiger partial charge in [0.1, 0.15) is 61.5 Å². The van der Waals surface area contributed by atoms with Crippen molar-refractivity contribution in [1.29, 1.82) is 0 Å². The van der Waals surface area contributed by atoms with Crippen molar-refractivity contribution >= 4 is 69.0 Å². The van der Waals surface area contributed by atoms with Crippen molar-refractivity contribution in [2.24, 2.45) is 23.3 Å². The molecule has 2 heterocycles. The van der Waals surface area contributed by atoms with Crippen LogP contribution in [-0.2, 0) is 47.8 Å². The van der Waals surface area contributed by atoms with E-state index in [-0.39, 0.29) is 11.5 Å². The second kappa shape index (κ2) is 19.5. The molecular formula is C32H54N8O10S2. The predicted octanol–water partition coefficient (Wildman–Crippen LogP) is -2.23. The fourth-order valence-electron chi connectivity index (χ4n) is 5.77. The first-order valence-corrected chi connectivity index (χ1v) is 19.4. The maximum atomic E-state index is 14.2. The number of hydrogen-bond acceptors (Lipinski definition) is 14. The average molecular weight is 775 g/mol. The zero-order chi connectivity index (χ0) is 39.8. The molecule has 2 fully saturated rings. The molecule has 0 saturated carbocycles. The topological polar surface area (TPSA) is 244 Å². The maximum absolute atomic E-state index is 14.2. The Morgan fingerprint density at radius 2 is 0.885 bits per heavy atom. The van der Waals surface area contributed by atoms with E-state index in [0.717, 1.165) is 31.4 Å². The monoisotopic (exact) mass is 774 g/mol. The van der Waals surface area contributed by atoms with E-state index in [0.29, 0.717) is 0 Å². The van der Waals surface area contributed by atoms with Gasteiger partial charge in [-0.15, -0.1) is 0 Å². The molecule has 8 atom stereocenters. The fraction of sp³-hybridized carbons (Fsp3) is 0.750. The third-order valence-corrected chi connectivity index (χ3v) is 11.3. The van der Waals surface area contributed by atoms with Crippen LogP contribution >= 0.6 is 21.6 Å². The van der Waals surface area contributed by atoms with Crippen LogP contribution in [0.5, 0.6) is 0 Å². The highest BCUT2D eigenvalue weighted by atomic mass is 33.1. The SMILES string of the molecule is CC(C)[C@H]1C(=O)OC[C@@H](N)C(=O)N[C@@H](C)C(=O)N(C)[C@H]2CSSC[C@@H](C(=O)N1C)N(C)C(=O)[C@H](C)NC(=O)[C@H](N)COC(=O)[C@H](C(C)C)N(C)C2=O. The molecule has 6 amide bonds. The van der Waals surface area contributed by atoms with Crippen LogP contribution in [0.25, 0.3) is 0 Å². The zero-order valence-corrected chi connectivity index (χ0v) is 33.1. The molecule has 6 N–H and O–H groups in total. The second-order valence-electron chi connectivity index (χ2n) is 13.7. The molecule has 2 aliphatic rings. The number of nitrogens with zero attached hydrogens (tertiary/aromatic N) is 4. The summed E-state index contributed by atoms with van der Waals surface area (Å²) in [5, 5.41) is 4.99. The Bertz CT molecular complexity index is 1270. The number of cyclic esters (lactones) is 2. The molecule has 2 aliphatic heterocycles. The van der Waals surface area contributed by atoms with Gasteiger partial charge in [-0.3, -0.25) is 28.8 Å². The van der Waals surface area contributed by atoms with Gasteiger partial charge in [-0.1, -0.05) is 49.3 Å². The van der Waals surface area contributed by atoms with Crippen LogP contribution in [0.3, 0.4) is 0 Å². The molecule has 2 bridgehead atoms. The molecule has 0 radical (unpaired) electrons. The van der Waals surface area contributed by atoms with Gasteiger partial charge in [-0.05, 0) is 25.7 Å². The first kappa shape index (κ1) is 44.5. The molecule has 0 aromatic rings. The van der Waals surface area contributed by atoms with Crippen molar-refractivity contribution in [2.75, 3.05) is 52.9 Å². The maximum Gasteiger partial charge on any atom is 0.329 e. The molecule has 0 aliphatic carbocycles. The van der Waals surface area contributed by atoms with Gasteiger partial charge in [-0.2, -0.15) is 0 Å². The lowest BCUT2D eigenvalue weighted by atomic mass is 10.0. The van der Waals surface area contributed by atoms with Crippen LogP contribution in [0.4, 0.5) is 0 Å². The van der Waals surface area contributed by atoms with Crippen molar-refractivity contribution in [1.82, 2.24) is 30.2 Å². The van der Waals surface area contributed by atoms with Gasteiger partial charge in [0.05, 0.1) is 0 Å². The van der Waals surface area contributed by atoms with E-state index < -0.39 is 121 Å². The molecule has 2 saturated heterocycles. The molecule has 294 valence electrons. The Morgan fingerprint density at radius 3 is 1.17 bits per heavy atom. The number of ether oxygens (including phenoxy) is 2. The zero-order valence-electron chi connectivity index (χ0n) is 31.4. The number of esters is 2. The third-order valence-electron chi connectivity index (χ3n) is 8.95. The fourth-order valence-corrected chi connectivity index (χ4v) is 8.30. The Balaban J connectivity index is 2.74. The standard InChI is InChI=1S/C32H54N8O10S2/c1-15(2)23-31(47)49-11-19(33)25(41)35-18(6)28(44)38(8)22-14-52-51-13-21(29(45)39(23)9)37(7)27(43)17(5)36-26(42)20(34)12-50-32(48)24(16(3)4)40(10)30(22)46/h15-24H,11-14,33-34H2,1-10H3,(H,35,41)(H,36,42)/t17-,18-,19+,20+,21-,22-,23-,24-/m0/s1. The van der Waals surface area contributed by atoms with Crippen molar-refractivity contribution in [3.05, 3.63) is 0 Å². The number of carbonyl (C=O) groups excluding carboxylic acids is 8. The van der Waals surface area contributed by atoms with Crippen molar-refractivity contribution in [2.45, 2.75) is 89.9 Å². The largest absolute Gasteiger partial charge is 0.462 e. The highest BCUT2D eigenvalue weighted by molar-refractivity contribution is 8.76. The van der Waals surface area contributed by atoms with Crippen LogP contribution in [0.15, 0.2) is 0 Å². The minimum atomic E-state index is -1.38. The lowest BCUT2D eigenvalue weighted by molar-refractivity contribution is -0.160. The van der Waals surface area contributed by atoms with Crippen molar-refractivity contribution in [3.8, 4) is 0 Å². The Morgan fingerprint density at radius 1 is 0.577 bits per heavy atom. The van der Waals surface area contributed by atoms with Crippen LogP contribution in [0, 0.1) is 11.8 Å². The number of rotatable bonds is 2. The summed E-state index contributed by atoms with van der Waals surface area (Å²) in [4.78, 5) is 113. The minimum absolute atomic E-state index is 0.0389. The number of carbonyl (C=O) groups is 8. The number of nitrogens with two attached hydrogens (primary N) is 2. The summed E-state index contributed by atoms with van der Waals surface area (Å²) in [6.45, 7) is 8.45. The van der Waals surface area contributed by atoms with Gasteiger partial charge in [0, 0.05) is 39.7 Å². The minimum Gasteiger partial charge on any atom is -0.462 e. The van der Waals surface area contributed by atoms with Gasteiger partial charge in [-0.25, -0.2) is 9.59 Å². The molecular weight excluding hydrogens is 721 g/mol. The molecule has 0 spiro atoms. The normalized spacial score (nSPS) is 31.0. The van der Waals surface area contributed by atoms with Crippen LogP contribution in [-0.4, -0.2) is 168 Å². The number of amides is 6. The number of likely N-dealkylation sites (N-methyl/N-ethyl adjacent to an activating group) is 4. The van der Waals surface area contributed by atoms with Gasteiger partial charge >= 0.3 is 11.9 Å². The second-order valence-corrected chi connectivity index (χ2v) is 16.3. The average Bonchev–Trinajstić information content (AvgIpc) is 3.07. The molecule has 0 aromatic heterocycles. The molecule has 52 heavy (non-hydrogen) atoms. The molecule has 0 unspecified atom stereocenters. The van der Waals surface area contributed by atoms with E-state index in [9.17, 15) is 38.4 Å². The van der Waals surface area contributed by atoms with E-state index in [4.69, 9.17) is 20.9 Å². The predicted molar refractivity (Wildman–Crippen MR) is 194 cm³/mol. The van der Waals surface area contributed by atoms with E-state index in [2.05, 4.69) is 10.6 Å². The summed E-state index contributed by atoms with van der Waals surface area (Å²) in [7, 11) is 7.80. The Kier molecular flexibility index (Phi) is 16.7. The van der Waals surface area contributed by atoms with Gasteiger partial charge < -0.3 is 51.2 Å². The summed E-state index contributed by atoms with van der Waals surface area (Å²) in [6.07, 6.45) is 0. The van der Waals surface area contributed by atoms with Crippen LogP contribution in [0.1, 0.15) is 41.5 Å². The van der Waals surface area contributed by atoms with Crippen LogP contribution in [0.2, 0.25) is 0 Å². The van der Waals surface area contributed by atoms with Crippen LogP contribution < -0.4 is 22.1 Å². The molecule has 20 heteroatoms. The quantitative estimate of drug-likeness (QED) is 0.171. The first-order valence-electron chi connectivity index (χ1n) is 16.9. The van der Waals surface area contributed by atoms with Crippen molar-refractivity contribution < 1.29 is 47.8 Å². The number of hydrogen-bond donors (Lipinski definition) is 4. The summed E-state index contributed by atoms with van der Waals surface area (Å²) in [5.74, 6) is -6.89. The van der Waals surface area contributed by atoms with E-state index in [1.807, 2.05) is 0 Å².